The Morgan fingerprint density at radius 3 is 2.22 bits per heavy atom. The Morgan fingerprint density at radius 2 is 1.62 bits per heavy atom. The number of carbonyl (C=O) groups is 3. The first-order valence-corrected chi connectivity index (χ1v) is 17.1. The molecule has 0 saturated heterocycles. The third kappa shape index (κ3) is 7.72. The molecule has 0 aliphatic heterocycles. The number of benzene rings is 2. The van der Waals surface area contributed by atoms with Gasteiger partial charge in [-0.1, -0.05) is 6.92 Å². The summed E-state index contributed by atoms with van der Waals surface area (Å²) in [5.74, 6) is -3.67. The first kappa shape index (κ1) is 35.5. The van der Waals surface area contributed by atoms with Crippen molar-refractivity contribution in [3.8, 4) is 0 Å². The largest absolute Gasteiger partial charge is 0.480 e. The molecule has 0 bridgehead atoms. The number of anilines is 1. The van der Waals surface area contributed by atoms with Gasteiger partial charge in [0.1, 0.15) is 13.1 Å². The molecule has 1 amide bonds. The van der Waals surface area contributed by atoms with Crippen LogP contribution in [-0.2, 0) is 29.8 Å². The number of carboxylic acid groups (broad SMARTS) is 2. The number of nitrogens with zero attached hydrogens (tertiary/aromatic N) is 7. The number of nitrogens with one attached hydrogen (secondary N) is 2. The Morgan fingerprint density at radius 1 is 0.980 bits per heavy atom. The van der Waals surface area contributed by atoms with E-state index in [0.29, 0.717) is 34.0 Å². The highest BCUT2D eigenvalue weighted by Gasteiger charge is 2.23. The van der Waals surface area contributed by atoms with Gasteiger partial charge in [-0.15, -0.1) is 15.3 Å². The first-order valence-electron chi connectivity index (χ1n) is 14.2. The number of carbonyl (C=O) groups excluding carboxylic acids is 1. The third-order valence-electron chi connectivity index (χ3n) is 7.19. The van der Waals surface area contributed by atoms with Crippen molar-refractivity contribution in [2.75, 3.05) is 24.5 Å². The van der Waals surface area contributed by atoms with E-state index in [2.05, 4.69) is 35.7 Å². The number of fused-ring (bicyclic) bond motifs is 2. The van der Waals surface area contributed by atoms with E-state index in [9.17, 15) is 50.5 Å². The van der Waals surface area contributed by atoms with E-state index in [4.69, 9.17) is 0 Å². The molecule has 50 heavy (non-hydrogen) atoms. The minimum absolute atomic E-state index is 0.106. The molecular weight excluding hydrogens is 702 g/mol. The zero-order chi connectivity index (χ0) is 36.5. The summed E-state index contributed by atoms with van der Waals surface area (Å²) in [5.41, 5.74) is 1.57. The number of pyridine rings is 1. The van der Waals surface area contributed by atoms with Crippen LogP contribution in [0.5, 0.6) is 0 Å². The molecule has 1 unspecified atom stereocenters. The summed E-state index contributed by atoms with van der Waals surface area (Å²) in [4.78, 5) is 43.8. The van der Waals surface area contributed by atoms with Gasteiger partial charge in [0.2, 0.25) is 5.65 Å². The summed E-state index contributed by atoms with van der Waals surface area (Å²) in [6, 6.07) is 8.35. The van der Waals surface area contributed by atoms with Crippen molar-refractivity contribution in [3.05, 3.63) is 65.7 Å². The van der Waals surface area contributed by atoms with Gasteiger partial charge in [-0.05, 0) is 49.4 Å². The predicted octanol–water partition coefficient (Wildman–Crippen LogP) is 2.33. The molecule has 5 rings (SSSR count). The normalized spacial score (nSPS) is 12.8. The lowest BCUT2D eigenvalue weighted by atomic mass is 10.1. The van der Waals surface area contributed by atoms with Crippen molar-refractivity contribution in [1.29, 1.82) is 0 Å². The fourth-order valence-electron chi connectivity index (χ4n) is 4.85. The second kappa shape index (κ2) is 13.6. The van der Waals surface area contributed by atoms with Gasteiger partial charge in [0, 0.05) is 29.6 Å². The van der Waals surface area contributed by atoms with Crippen LogP contribution in [-0.4, -0.2) is 98.4 Å². The number of aromatic nitrogens is 5. The molecular formula is C28H27N9O11S2. The molecule has 0 aliphatic rings. The highest BCUT2D eigenvalue weighted by atomic mass is 32.2. The summed E-state index contributed by atoms with van der Waals surface area (Å²) >= 11 is 0. The van der Waals surface area contributed by atoms with Crippen LogP contribution >= 0.6 is 0 Å². The smallest absolute Gasteiger partial charge is 0.323 e. The molecule has 22 heteroatoms. The monoisotopic (exact) mass is 729 g/mol. The average Bonchev–Trinajstić information content (AvgIpc) is 3.57. The second-order valence-corrected chi connectivity index (χ2v) is 13.7. The SMILES string of the molecule is Cc1[nH]n2nc(C(C)CNC(=O)c3cc(S(=O)(=O)O)cc(S(=O)(=O)O)c3)nc2c1N=Nc1ccc(N(CC(=O)O)CC(=O)O)c2ncccc12. The molecule has 20 nitrogen and oxygen atoms in total. The van der Waals surface area contributed by atoms with Crippen LogP contribution < -0.4 is 10.2 Å². The Kier molecular flexibility index (Phi) is 9.63. The molecule has 0 saturated carbocycles. The Hall–Kier alpha value is -5.84. The molecule has 3 aromatic heterocycles. The zero-order valence-electron chi connectivity index (χ0n) is 25.9. The molecule has 3 heterocycles. The Labute approximate surface area is 282 Å². The summed E-state index contributed by atoms with van der Waals surface area (Å²) in [5, 5.41) is 37.7. The van der Waals surface area contributed by atoms with Gasteiger partial charge in [-0.2, -0.15) is 21.5 Å². The van der Waals surface area contributed by atoms with E-state index in [1.165, 1.54) is 16.9 Å². The zero-order valence-corrected chi connectivity index (χ0v) is 27.5. The maximum atomic E-state index is 12.8. The standard InChI is InChI=1S/C28H27N9O11S2/c1-14(11-30-28(42)16-8-17(49(43,44)45)10-18(9-16)50(46,47)48)26-31-27-24(15(2)34-37(27)35-26)33-32-20-5-6-21(25-19(20)4-3-7-29-25)36(12-22(38)39)13-23(40)41/h3-10,14,34H,11-13H2,1-2H3,(H,30,42)(H,38,39)(H,40,41)(H,43,44,45)(H,46,47,48). The van der Waals surface area contributed by atoms with Crippen LogP contribution in [0.1, 0.15) is 34.7 Å². The van der Waals surface area contributed by atoms with Crippen molar-refractivity contribution in [1.82, 2.24) is 30.1 Å². The lowest BCUT2D eigenvalue weighted by Crippen LogP contribution is -2.34. The molecule has 6 N–H and O–H groups in total. The van der Waals surface area contributed by atoms with Gasteiger partial charge in [-0.25, -0.2) is 4.98 Å². The van der Waals surface area contributed by atoms with Crippen LogP contribution in [0.4, 0.5) is 17.1 Å². The second-order valence-electron chi connectivity index (χ2n) is 10.9. The maximum absolute atomic E-state index is 12.8. The number of aryl methyl sites for hydroxylation is 1. The van der Waals surface area contributed by atoms with E-state index < -0.39 is 72.4 Å². The molecule has 0 aliphatic carbocycles. The van der Waals surface area contributed by atoms with E-state index >= 15 is 0 Å². The van der Waals surface area contributed by atoms with Crippen LogP contribution in [0.2, 0.25) is 0 Å². The molecule has 0 fully saturated rings. The van der Waals surface area contributed by atoms with Gasteiger partial charge in [0.05, 0.1) is 32.4 Å². The van der Waals surface area contributed by atoms with Crippen LogP contribution in [0.15, 0.2) is 68.7 Å². The maximum Gasteiger partial charge on any atom is 0.323 e. The molecule has 1 atom stereocenters. The number of hydrogen-bond donors (Lipinski definition) is 6. The van der Waals surface area contributed by atoms with E-state index in [-0.39, 0.29) is 23.7 Å². The van der Waals surface area contributed by atoms with Crippen LogP contribution in [0.3, 0.4) is 0 Å². The van der Waals surface area contributed by atoms with Crippen LogP contribution in [0, 0.1) is 6.92 Å². The fourth-order valence-corrected chi connectivity index (χ4v) is 6.03. The minimum Gasteiger partial charge on any atom is -0.480 e. The molecule has 0 spiro atoms. The van der Waals surface area contributed by atoms with Gasteiger partial charge < -0.3 is 20.4 Å². The number of amides is 1. The fraction of sp³-hybridized carbons (Fsp3) is 0.214. The van der Waals surface area contributed by atoms with Gasteiger partial charge in [0.25, 0.3) is 26.1 Å². The number of carboxylic acids is 2. The van der Waals surface area contributed by atoms with E-state index in [1.807, 2.05) is 0 Å². The number of rotatable bonds is 13. The van der Waals surface area contributed by atoms with Crippen molar-refractivity contribution in [2.45, 2.75) is 29.6 Å². The van der Waals surface area contributed by atoms with Gasteiger partial charge in [-0.3, -0.25) is 33.6 Å². The third-order valence-corrected chi connectivity index (χ3v) is 8.85. The highest BCUT2D eigenvalue weighted by molar-refractivity contribution is 7.86. The lowest BCUT2D eigenvalue weighted by molar-refractivity contribution is -0.136. The number of hydrogen-bond acceptors (Lipinski definition) is 13. The summed E-state index contributed by atoms with van der Waals surface area (Å²) < 4.78 is 66.5. The number of H-pyrrole nitrogens is 1. The van der Waals surface area contributed by atoms with Gasteiger partial charge >= 0.3 is 11.9 Å². The summed E-state index contributed by atoms with van der Waals surface area (Å²) in [7, 11) is -9.84. The summed E-state index contributed by atoms with van der Waals surface area (Å²) in [6.45, 7) is 2.11. The quantitative estimate of drug-likeness (QED) is 0.0748. The number of aromatic amines is 1. The van der Waals surface area contributed by atoms with Crippen LogP contribution in [0.25, 0.3) is 16.6 Å². The number of azo groups is 1. The Bertz CT molecular complexity index is 2360. The lowest BCUT2D eigenvalue weighted by Gasteiger charge is -2.22. The molecule has 2 aromatic carbocycles. The average molecular weight is 730 g/mol. The van der Waals surface area contributed by atoms with E-state index in [1.54, 1.807) is 32.0 Å². The highest BCUT2D eigenvalue weighted by Crippen LogP contribution is 2.34. The van der Waals surface area contributed by atoms with E-state index in [0.717, 1.165) is 17.0 Å². The Balaban J connectivity index is 1.39. The molecule has 5 aromatic rings. The minimum atomic E-state index is -4.92. The topological polar surface area (TPSA) is 299 Å². The first-order chi connectivity index (χ1) is 23.4. The number of aliphatic carboxylic acids is 2. The van der Waals surface area contributed by atoms with Crippen molar-refractivity contribution >= 4 is 71.7 Å². The summed E-state index contributed by atoms with van der Waals surface area (Å²) in [6.07, 6.45) is 1.47. The van der Waals surface area contributed by atoms with Crippen molar-refractivity contribution in [3.63, 3.8) is 0 Å². The molecule has 0 radical (unpaired) electrons. The van der Waals surface area contributed by atoms with Gasteiger partial charge in [0.15, 0.2) is 11.5 Å². The molecule has 262 valence electrons. The van der Waals surface area contributed by atoms with Crippen molar-refractivity contribution < 1.29 is 50.5 Å². The van der Waals surface area contributed by atoms with Crippen molar-refractivity contribution in [2.24, 2.45) is 10.2 Å². The predicted molar refractivity (Wildman–Crippen MR) is 172 cm³/mol.